The molecular formula is C18H25N3O3. The Bertz CT molecular complexity index is 570. The third kappa shape index (κ3) is 4.04. The van der Waals surface area contributed by atoms with Gasteiger partial charge in [-0.05, 0) is 37.8 Å². The van der Waals surface area contributed by atoms with E-state index in [1.165, 1.54) is 0 Å². The Hall–Kier alpha value is -2.11. The number of nitrogens with zero attached hydrogens (tertiary/aromatic N) is 3. The van der Waals surface area contributed by atoms with Gasteiger partial charge in [-0.25, -0.2) is 0 Å². The van der Waals surface area contributed by atoms with Crippen molar-refractivity contribution in [3.63, 3.8) is 0 Å². The second kappa shape index (κ2) is 7.64. The number of carbonyl (C=O) groups excluding carboxylic acids is 2. The fourth-order valence-corrected chi connectivity index (χ4v) is 3.54. The number of pyridine rings is 1. The van der Waals surface area contributed by atoms with E-state index in [1.807, 2.05) is 21.9 Å². The lowest BCUT2D eigenvalue weighted by atomic mass is 9.94. The van der Waals surface area contributed by atoms with Gasteiger partial charge in [0, 0.05) is 44.9 Å². The number of ether oxygens (including phenoxy) is 1. The molecule has 1 atom stereocenters. The maximum Gasteiger partial charge on any atom is 0.225 e. The molecule has 0 spiro atoms. The van der Waals surface area contributed by atoms with Gasteiger partial charge in [0.05, 0.1) is 6.54 Å². The fourth-order valence-electron chi connectivity index (χ4n) is 3.54. The molecule has 0 saturated carbocycles. The number of hydrogen-bond donors (Lipinski definition) is 0. The largest absolute Gasteiger partial charge is 0.488 e. The van der Waals surface area contributed by atoms with Crippen molar-refractivity contribution in [2.45, 2.75) is 38.7 Å². The van der Waals surface area contributed by atoms with Gasteiger partial charge in [0.1, 0.15) is 11.9 Å². The Morgan fingerprint density at radius 2 is 1.79 bits per heavy atom. The predicted molar refractivity (Wildman–Crippen MR) is 89.4 cm³/mol. The minimum Gasteiger partial charge on any atom is -0.488 e. The van der Waals surface area contributed by atoms with Gasteiger partial charge in [-0.15, -0.1) is 0 Å². The van der Waals surface area contributed by atoms with E-state index in [-0.39, 0.29) is 23.8 Å². The number of hydrogen-bond acceptors (Lipinski definition) is 4. The van der Waals surface area contributed by atoms with E-state index >= 15 is 0 Å². The van der Waals surface area contributed by atoms with Gasteiger partial charge in [0.25, 0.3) is 0 Å². The van der Waals surface area contributed by atoms with Crippen molar-refractivity contribution in [1.29, 1.82) is 0 Å². The van der Waals surface area contributed by atoms with Gasteiger partial charge in [-0.1, -0.05) is 0 Å². The van der Waals surface area contributed by atoms with E-state index in [1.54, 1.807) is 19.3 Å². The average Bonchev–Trinajstić information content (AvgIpc) is 2.62. The zero-order chi connectivity index (χ0) is 16.9. The maximum atomic E-state index is 12.8. The number of rotatable bonds is 3. The van der Waals surface area contributed by atoms with Crippen molar-refractivity contribution >= 4 is 11.8 Å². The molecule has 2 saturated heterocycles. The number of carbonyl (C=O) groups is 2. The molecule has 24 heavy (non-hydrogen) atoms. The van der Waals surface area contributed by atoms with Crippen molar-refractivity contribution in [2.24, 2.45) is 5.92 Å². The van der Waals surface area contributed by atoms with Crippen molar-refractivity contribution in [3.8, 4) is 5.75 Å². The summed E-state index contributed by atoms with van der Waals surface area (Å²) in [5, 5.41) is 0. The molecule has 2 aliphatic rings. The Morgan fingerprint density at radius 3 is 2.46 bits per heavy atom. The van der Waals surface area contributed by atoms with E-state index in [9.17, 15) is 9.59 Å². The standard InChI is InChI=1S/C18H25N3O3/c1-14(22)20-11-6-15(7-12-20)18(23)21-10-2-3-17(13-21)24-16-4-8-19-9-5-16/h4-5,8-9,15,17H,2-3,6-7,10-13H2,1H3. The van der Waals surface area contributed by atoms with Crippen LogP contribution in [0.5, 0.6) is 5.75 Å². The summed E-state index contributed by atoms with van der Waals surface area (Å²) in [6, 6.07) is 3.69. The van der Waals surface area contributed by atoms with E-state index in [2.05, 4.69) is 4.98 Å². The highest BCUT2D eigenvalue weighted by Gasteiger charge is 2.32. The molecule has 0 aromatic carbocycles. The Kier molecular flexibility index (Phi) is 5.33. The molecular weight excluding hydrogens is 306 g/mol. The highest BCUT2D eigenvalue weighted by atomic mass is 16.5. The summed E-state index contributed by atoms with van der Waals surface area (Å²) in [7, 11) is 0. The minimum atomic E-state index is 0.0419. The summed E-state index contributed by atoms with van der Waals surface area (Å²) in [5.41, 5.74) is 0. The predicted octanol–water partition coefficient (Wildman–Crippen LogP) is 1.71. The molecule has 6 nitrogen and oxygen atoms in total. The third-order valence-corrected chi connectivity index (χ3v) is 4.93. The topological polar surface area (TPSA) is 62.7 Å². The third-order valence-electron chi connectivity index (χ3n) is 4.93. The fraction of sp³-hybridized carbons (Fsp3) is 0.611. The van der Waals surface area contributed by atoms with Gasteiger partial charge >= 0.3 is 0 Å². The zero-order valence-electron chi connectivity index (χ0n) is 14.2. The Labute approximate surface area is 142 Å². The molecule has 2 amide bonds. The van der Waals surface area contributed by atoms with Crippen molar-refractivity contribution < 1.29 is 14.3 Å². The molecule has 0 radical (unpaired) electrons. The number of piperidine rings is 2. The second-order valence-electron chi connectivity index (χ2n) is 6.63. The minimum absolute atomic E-state index is 0.0419. The van der Waals surface area contributed by atoms with Gasteiger partial charge in [-0.2, -0.15) is 0 Å². The van der Waals surface area contributed by atoms with Crippen LogP contribution in [0.1, 0.15) is 32.6 Å². The first-order chi connectivity index (χ1) is 11.6. The van der Waals surface area contributed by atoms with E-state index in [0.717, 1.165) is 38.0 Å². The number of amides is 2. The van der Waals surface area contributed by atoms with Crippen molar-refractivity contribution in [1.82, 2.24) is 14.8 Å². The lowest BCUT2D eigenvalue weighted by Gasteiger charge is -2.37. The normalized spacial score (nSPS) is 22.3. The molecule has 1 aromatic rings. The summed E-state index contributed by atoms with van der Waals surface area (Å²) >= 11 is 0. The first-order valence-corrected chi connectivity index (χ1v) is 8.74. The molecule has 3 heterocycles. The van der Waals surface area contributed by atoms with Crippen molar-refractivity contribution in [2.75, 3.05) is 26.2 Å². The van der Waals surface area contributed by atoms with E-state index in [4.69, 9.17) is 4.74 Å². The van der Waals surface area contributed by atoms with Crippen LogP contribution in [0.25, 0.3) is 0 Å². The Balaban J connectivity index is 1.53. The molecule has 2 aliphatic heterocycles. The summed E-state index contributed by atoms with van der Waals surface area (Å²) in [5.74, 6) is 1.17. The quantitative estimate of drug-likeness (QED) is 0.846. The van der Waals surface area contributed by atoms with Crippen LogP contribution in [-0.4, -0.2) is 58.9 Å². The van der Waals surface area contributed by atoms with Gasteiger partial charge in [0.2, 0.25) is 11.8 Å². The second-order valence-corrected chi connectivity index (χ2v) is 6.63. The maximum absolute atomic E-state index is 12.8. The number of aromatic nitrogens is 1. The summed E-state index contributed by atoms with van der Waals surface area (Å²) in [6.07, 6.45) is 6.94. The molecule has 6 heteroatoms. The van der Waals surface area contributed by atoms with Crippen LogP contribution in [0.3, 0.4) is 0 Å². The molecule has 1 aromatic heterocycles. The molecule has 2 fully saturated rings. The molecule has 0 N–H and O–H groups in total. The van der Waals surface area contributed by atoms with Gasteiger partial charge in [0.15, 0.2) is 0 Å². The highest BCUT2D eigenvalue weighted by molar-refractivity contribution is 5.80. The van der Waals surface area contributed by atoms with Gasteiger partial charge < -0.3 is 14.5 Å². The Morgan fingerprint density at radius 1 is 1.08 bits per heavy atom. The van der Waals surface area contributed by atoms with Gasteiger partial charge in [-0.3, -0.25) is 14.6 Å². The summed E-state index contributed by atoms with van der Waals surface area (Å²) < 4.78 is 5.98. The highest BCUT2D eigenvalue weighted by Crippen LogP contribution is 2.23. The zero-order valence-corrected chi connectivity index (χ0v) is 14.2. The monoisotopic (exact) mass is 331 g/mol. The molecule has 1 unspecified atom stereocenters. The van der Waals surface area contributed by atoms with Crippen LogP contribution in [-0.2, 0) is 9.59 Å². The lowest BCUT2D eigenvalue weighted by Crippen LogP contribution is -2.49. The van der Waals surface area contributed by atoms with Crippen LogP contribution >= 0.6 is 0 Å². The van der Waals surface area contributed by atoms with Crippen LogP contribution < -0.4 is 4.74 Å². The van der Waals surface area contributed by atoms with Crippen LogP contribution in [0, 0.1) is 5.92 Å². The van der Waals surface area contributed by atoms with Crippen LogP contribution in [0.4, 0.5) is 0 Å². The molecule has 0 aliphatic carbocycles. The van der Waals surface area contributed by atoms with Crippen molar-refractivity contribution in [3.05, 3.63) is 24.5 Å². The van der Waals surface area contributed by atoms with E-state index in [0.29, 0.717) is 19.6 Å². The van der Waals surface area contributed by atoms with E-state index < -0.39 is 0 Å². The van der Waals surface area contributed by atoms with Crippen LogP contribution in [0.15, 0.2) is 24.5 Å². The SMILES string of the molecule is CC(=O)N1CCC(C(=O)N2CCCC(Oc3ccncc3)C2)CC1. The number of likely N-dealkylation sites (tertiary alicyclic amines) is 2. The molecule has 3 rings (SSSR count). The smallest absolute Gasteiger partial charge is 0.225 e. The lowest BCUT2D eigenvalue weighted by molar-refractivity contribution is -0.142. The first kappa shape index (κ1) is 16.7. The summed E-state index contributed by atoms with van der Waals surface area (Å²) in [6.45, 7) is 4.43. The first-order valence-electron chi connectivity index (χ1n) is 8.74. The average molecular weight is 331 g/mol. The van der Waals surface area contributed by atoms with Crippen LogP contribution in [0.2, 0.25) is 0 Å². The summed E-state index contributed by atoms with van der Waals surface area (Å²) in [4.78, 5) is 32.0. The molecule has 0 bridgehead atoms. The molecule has 130 valence electrons.